The molecule has 98 valence electrons. The second-order valence-corrected chi connectivity index (χ2v) is 4.94. The van der Waals surface area contributed by atoms with Crippen molar-refractivity contribution in [3.05, 3.63) is 40.6 Å². The average molecular weight is 255 g/mol. The molecule has 1 aromatic heterocycles. The van der Waals surface area contributed by atoms with Gasteiger partial charge in [-0.1, -0.05) is 11.6 Å². The van der Waals surface area contributed by atoms with E-state index in [9.17, 15) is 4.79 Å². The van der Waals surface area contributed by atoms with Crippen molar-refractivity contribution in [3.8, 4) is 0 Å². The van der Waals surface area contributed by atoms with Gasteiger partial charge in [0.1, 0.15) is 0 Å². The van der Waals surface area contributed by atoms with Crippen molar-refractivity contribution in [2.45, 2.75) is 19.9 Å². The van der Waals surface area contributed by atoms with Crippen LogP contribution in [-0.2, 0) is 13.0 Å². The van der Waals surface area contributed by atoms with Crippen molar-refractivity contribution in [3.63, 3.8) is 0 Å². The number of carbonyl (C=O) groups excluding carboxylic acids is 1. The number of fused-ring (bicyclic) bond motifs is 2. The smallest absolute Gasteiger partial charge is 0.252 e. The van der Waals surface area contributed by atoms with Crippen LogP contribution < -0.4 is 10.6 Å². The summed E-state index contributed by atoms with van der Waals surface area (Å²) in [5.74, 6) is -0.0297. The molecule has 1 aromatic carbocycles. The Bertz CT molecular complexity index is 664. The molecule has 3 rings (SSSR count). The molecule has 1 amide bonds. The summed E-state index contributed by atoms with van der Waals surface area (Å²) in [5.41, 5.74) is 4.92. The Morgan fingerprint density at radius 3 is 3.05 bits per heavy atom. The first-order valence-corrected chi connectivity index (χ1v) is 6.55. The van der Waals surface area contributed by atoms with Gasteiger partial charge in [0.15, 0.2) is 0 Å². The van der Waals surface area contributed by atoms with E-state index in [0.717, 1.165) is 52.8 Å². The Labute approximate surface area is 112 Å². The minimum absolute atomic E-state index is 0.0297. The summed E-state index contributed by atoms with van der Waals surface area (Å²) in [5, 5.41) is 7.01. The van der Waals surface area contributed by atoms with E-state index in [1.807, 2.05) is 25.1 Å². The van der Waals surface area contributed by atoms with Gasteiger partial charge in [-0.25, -0.2) is 0 Å². The van der Waals surface area contributed by atoms with Gasteiger partial charge in [-0.2, -0.15) is 0 Å². The molecule has 4 heteroatoms. The third-order valence-electron chi connectivity index (χ3n) is 3.62. The van der Waals surface area contributed by atoms with E-state index in [1.54, 1.807) is 7.05 Å². The lowest BCUT2D eigenvalue weighted by Crippen LogP contribution is -2.29. The first-order chi connectivity index (χ1) is 9.20. The molecule has 2 heterocycles. The van der Waals surface area contributed by atoms with Crippen LogP contribution in [0.25, 0.3) is 10.9 Å². The van der Waals surface area contributed by atoms with Crippen molar-refractivity contribution in [1.29, 1.82) is 0 Å². The summed E-state index contributed by atoms with van der Waals surface area (Å²) in [4.78, 5) is 17.0. The first kappa shape index (κ1) is 12.1. The maximum absolute atomic E-state index is 12.2. The second kappa shape index (κ2) is 4.63. The number of benzene rings is 1. The molecule has 2 aromatic rings. The van der Waals surface area contributed by atoms with Crippen LogP contribution in [0.5, 0.6) is 0 Å². The lowest BCUT2D eigenvalue weighted by atomic mass is 9.95. The number of nitrogens with one attached hydrogen (secondary N) is 2. The van der Waals surface area contributed by atoms with E-state index in [4.69, 9.17) is 4.98 Å². The van der Waals surface area contributed by atoms with Crippen LogP contribution in [0.1, 0.15) is 27.2 Å². The molecule has 1 aliphatic rings. The van der Waals surface area contributed by atoms with Crippen molar-refractivity contribution in [2.75, 3.05) is 13.6 Å². The highest BCUT2D eigenvalue weighted by atomic mass is 16.1. The summed E-state index contributed by atoms with van der Waals surface area (Å²) in [6.07, 6.45) is 0.878. The molecule has 0 saturated heterocycles. The summed E-state index contributed by atoms with van der Waals surface area (Å²) >= 11 is 0. The molecule has 4 nitrogen and oxygen atoms in total. The third-order valence-corrected chi connectivity index (χ3v) is 3.62. The molecule has 0 unspecified atom stereocenters. The number of hydrogen-bond acceptors (Lipinski definition) is 3. The summed E-state index contributed by atoms with van der Waals surface area (Å²) in [6, 6.07) is 6.08. The highest BCUT2D eigenvalue weighted by Gasteiger charge is 2.21. The molecule has 19 heavy (non-hydrogen) atoms. The zero-order valence-electron chi connectivity index (χ0n) is 11.2. The molecule has 0 aliphatic carbocycles. The normalized spacial score (nSPS) is 14.2. The van der Waals surface area contributed by atoms with Crippen molar-refractivity contribution < 1.29 is 4.79 Å². The fourth-order valence-corrected chi connectivity index (χ4v) is 2.67. The van der Waals surface area contributed by atoms with Crippen LogP contribution in [0.4, 0.5) is 0 Å². The monoisotopic (exact) mass is 255 g/mol. The Kier molecular flexibility index (Phi) is 2.95. The Morgan fingerprint density at radius 1 is 1.42 bits per heavy atom. The number of carbonyl (C=O) groups is 1. The molecule has 0 radical (unpaired) electrons. The lowest BCUT2D eigenvalue weighted by molar-refractivity contribution is 0.0963. The van der Waals surface area contributed by atoms with E-state index in [0.29, 0.717) is 0 Å². The fraction of sp³-hybridized carbons (Fsp3) is 0.333. The SMILES string of the molecule is CNC(=O)c1c2c(nc3ccc(C)cc13)CCNC2. The summed E-state index contributed by atoms with van der Waals surface area (Å²) < 4.78 is 0. The summed E-state index contributed by atoms with van der Waals surface area (Å²) in [7, 11) is 1.67. The van der Waals surface area contributed by atoms with E-state index in [2.05, 4.69) is 10.6 Å². The van der Waals surface area contributed by atoms with Gasteiger partial charge in [0.05, 0.1) is 11.1 Å². The molecular formula is C15H17N3O. The molecule has 0 spiro atoms. The van der Waals surface area contributed by atoms with Crippen molar-refractivity contribution >= 4 is 16.8 Å². The van der Waals surface area contributed by atoms with Gasteiger partial charge >= 0.3 is 0 Å². The quantitative estimate of drug-likeness (QED) is 0.813. The van der Waals surface area contributed by atoms with Crippen LogP contribution in [0.2, 0.25) is 0 Å². The number of amides is 1. The van der Waals surface area contributed by atoms with Gasteiger partial charge in [0, 0.05) is 43.2 Å². The van der Waals surface area contributed by atoms with E-state index < -0.39 is 0 Å². The zero-order valence-corrected chi connectivity index (χ0v) is 11.2. The highest BCUT2D eigenvalue weighted by molar-refractivity contribution is 6.07. The average Bonchev–Trinajstić information content (AvgIpc) is 2.44. The van der Waals surface area contributed by atoms with Gasteiger partial charge in [0.2, 0.25) is 0 Å². The van der Waals surface area contributed by atoms with Gasteiger partial charge in [-0.3, -0.25) is 9.78 Å². The maximum atomic E-state index is 12.2. The predicted molar refractivity (Wildman–Crippen MR) is 75.3 cm³/mol. The number of hydrogen-bond donors (Lipinski definition) is 2. The van der Waals surface area contributed by atoms with E-state index >= 15 is 0 Å². The molecule has 1 aliphatic heterocycles. The third kappa shape index (κ3) is 1.98. The standard InChI is InChI=1S/C15H17N3O/c1-9-3-4-12-10(7-9)14(15(19)16-2)11-8-17-6-5-13(11)18-12/h3-4,7,17H,5-6,8H2,1-2H3,(H,16,19). The molecule has 0 atom stereocenters. The minimum Gasteiger partial charge on any atom is -0.355 e. The van der Waals surface area contributed by atoms with Crippen molar-refractivity contribution in [2.24, 2.45) is 0 Å². The number of aryl methyl sites for hydroxylation is 1. The predicted octanol–water partition coefficient (Wildman–Crippen LogP) is 1.55. The maximum Gasteiger partial charge on any atom is 0.252 e. The number of rotatable bonds is 1. The van der Waals surface area contributed by atoms with Gasteiger partial charge in [-0.05, 0) is 19.1 Å². The highest BCUT2D eigenvalue weighted by Crippen LogP contribution is 2.26. The Balaban J connectivity index is 2.37. The number of pyridine rings is 1. The molecular weight excluding hydrogens is 238 g/mol. The number of nitrogens with zero attached hydrogens (tertiary/aromatic N) is 1. The van der Waals surface area contributed by atoms with Gasteiger partial charge < -0.3 is 10.6 Å². The van der Waals surface area contributed by atoms with Crippen LogP contribution in [0, 0.1) is 6.92 Å². The van der Waals surface area contributed by atoms with Crippen molar-refractivity contribution in [1.82, 2.24) is 15.6 Å². The minimum atomic E-state index is -0.0297. The lowest BCUT2D eigenvalue weighted by Gasteiger charge is -2.21. The van der Waals surface area contributed by atoms with Gasteiger partial charge in [0.25, 0.3) is 5.91 Å². The molecule has 0 saturated carbocycles. The largest absolute Gasteiger partial charge is 0.355 e. The van der Waals surface area contributed by atoms with Crippen LogP contribution in [0.15, 0.2) is 18.2 Å². The van der Waals surface area contributed by atoms with E-state index in [-0.39, 0.29) is 5.91 Å². The first-order valence-electron chi connectivity index (χ1n) is 6.55. The fourth-order valence-electron chi connectivity index (χ4n) is 2.67. The van der Waals surface area contributed by atoms with Crippen LogP contribution in [-0.4, -0.2) is 24.5 Å². The topological polar surface area (TPSA) is 54.0 Å². The summed E-state index contributed by atoms with van der Waals surface area (Å²) in [6.45, 7) is 3.67. The molecule has 0 fully saturated rings. The van der Waals surface area contributed by atoms with Gasteiger partial charge in [-0.15, -0.1) is 0 Å². The Hall–Kier alpha value is -1.94. The zero-order chi connectivity index (χ0) is 13.4. The second-order valence-electron chi connectivity index (χ2n) is 4.94. The molecule has 2 N–H and O–H groups in total. The van der Waals surface area contributed by atoms with Crippen LogP contribution in [0.3, 0.4) is 0 Å². The molecule has 0 bridgehead atoms. The Morgan fingerprint density at radius 2 is 2.26 bits per heavy atom. The van der Waals surface area contributed by atoms with E-state index in [1.165, 1.54) is 0 Å². The number of aromatic nitrogens is 1. The van der Waals surface area contributed by atoms with Crippen LogP contribution >= 0.6 is 0 Å².